The predicted molar refractivity (Wildman–Crippen MR) is 65.7 cm³/mol. The minimum atomic E-state index is -0.981. The Morgan fingerprint density at radius 3 is 1.53 bits per heavy atom. The molecule has 0 saturated carbocycles. The first-order valence-electron chi connectivity index (χ1n) is 4.13. The maximum Gasteiger partial charge on any atom is 0.329 e. The third-order valence-corrected chi connectivity index (χ3v) is 1.20. The number of esters is 1. The molecule has 0 amide bonds. The Balaban J connectivity index is -0.000000174. The van der Waals surface area contributed by atoms with Gasteiger partial charge < -0.3 is 9.84 Å². The van der Waals surface area contributed by atoms with Crippen molar-refractivity contribution in [2.75, 3.05) is 7.11 Å². The smallest absolute Gasteiger partial charge is 0.329 e. The van der Waals surface area contributed by atoms with Crippen molar-refractivity contribution in [1.82, 2.24) is 0 Å². The average molecular weight is 263 g/mol. The maximum atomic E-state index is 9.84. The second kappa shape index (κ2) is 14.1. The lowest BCUT2D eigenvalue weighted by atomic mass is 10.4. The summed E-state index contributed by atoms with van der Waals surface area (Å²) >= 11 is 4.87. The van der Waals surface area contributed by atoms with E-state index < -0.39 is 17.2 Å². The standard InChI is InChI=1S/C4H5ClO.C4H6O2.C3H4O2/c1-3(2)4(5)6;1-3-4(5)6-2;1-2-3(4)5/h1H2,2H3;3H,1H2,2H3;2H,1H2,(H,4,5). The molecule has 6 heteroatoms. The number of ether oxygens (including phenoxy) is 1. The first kappa shape index (κ1) is 20.5. The van der Waals surface area contributed by atoms with Gasteiger partial charge in [-0.05, 0) is 18.5 Å². The summed E-state index contributed by atoms with van der Waals surface area (Å²) in [5.74, 6) is -1.37. The van der Waals surface area contributed by atoms with Gasteiger partial charge in [-0.25, -0.2) is 9.59 Å². The van der Waals surface area contributed by atoms with Crippen molar-refractivity contribution in [3.8, 4) is 0 Å². The van der Waals surface area contributed by atoms with Crippen LogP contribution >= 0.6 is 11.6 Å². The Labute approximate surface area is 105 Å². The van der Waals surface area contributed by atoms with E-state index in [1.54, 1.807) is 6.92 Å². The molecule has 0 aliphatic carbocycles. The second-order valence-electron chi connectivity index (χ2n) is 2.32. The van der Waals surface area contributed by atoms with E-state index in [1.807, 2.05) is 0 Å². The summed E-state index contributed by atoms with van der Waals surface area (Å²) in [6, 6.07) is 0. The average Bonchev–Trinajstić information content (AvgIpc) is 2.29. The maximum absolute atomic E-state index is 9.84. The van der Waals surface area contributed by atoms with E-state index in [4.69, 9.17) is 16.7 Å². The molecular formula is C11H15ClO5. The van der Waals surface area contributed by atoms with Crippen LogP contribution in [-0.2, 0) is 19.1 Å². The fraction of sp³-hybridized carbons (Fsp3) is 0.182. The van der Waals surface area contributed by atoms with Gasteiger partial charge in [-0.3, -0.25) is 4.79 Å². The van der Waals surface area contributed by atoms with E-state index in [0.717, 1.165) is 12.2 Å². The van der Waals surface area contributed by atoms with E-state index in [-0.39, 0.29) is 0 Å². The highest BCUT2D eigenvalue weighted by Gasteiger charge is 1.89. The number of carboxylic acids is 1. The number of rotatable bonds is 3. The minimum absolute atomic E-state index is 0.386. The molecule has 5 nitrogen and oxygen atoms in total. The normalized spacial score (nSPS) is 7.00. The fourth-order valence-electron chi connectivity index (χ4n) is 0.0833. The number of hydrogen-bond donors (Lipinski definition) is 1. The molecule has 0 aromatic rings. The van der Waals surface area contributed by atoms with Gasteiger partial charge in [0.05, 0.1) is 7.11 Å². The fourth-order valence-corrected chi connectivity index (χ4v) is 0.0833. The highest BCUT2D eigenvalue weighted by atomic mass is 35.5. The molecule has 0 fully saturated rings. The summed E-state index contributed by atoms with van der Waals surface area (Å²) in [6.07, 6.45) is 1.94. The quantitative estimate of drug-likeness (QED) is 0.477. The number of allylic oxidation sites excluding steroid dienone is 1. The van der Waals surface area contributed by atoms with Crippen molar-refractivity contribution in [1.29, 1.82) is 0 Å². The van der Waals surface area contributed by atoms with Crippen molar-refractivity contribution >= 4 is 28.8 Å². The molecule has 96 valence electrons. The Morgan fingerprint density at radius 2 is 1.53 bits per heavy atom. The Hall–Kier alpha value is -1.88. The predicted octanol–water partition coefficient (Wildman–Crippen LogP) is 1.93. The van der Waals surface area contributed by atoms with E-state index in [9.17, 15) is 14.4 Å². The van der Waals surface area contributed by atoms with Crippen LogP contribution < -0.4 is 0 Å². The number of methoxy groups -OCH3 is 1. The number of aliphatic carboxylic acids is 1. The van der Waals surface area contributed by atoms with E-state index in [2.05, 4.69) is 24.5 Å². The Bertz CT molecular complexity index is 292. The lowest BCUT2D eigenvalue weighted by Crippen LogP contribution is -1.91. The van der Waals surface area contributed by atoms with Gasteiger partial charge in [0, 0.05) is 17.7 Å². The van der Waals surface area contributed by atoms with Gasteiger partial charge in [0.15, 0.2) is 0 Å². The molecule has 0 bridgehead atoms. The highest BCUT2D eigenvalue weighted by molar-refractivity contribution is 6.67. The molecular weight excluding hydrogens is 248 g/mol. The number of halogens is 1. The molecule has 0 spiro atoms. The van der Waals surface area contributed by atoms with E-state index in [0.29, 0.717) is 5.57 Å². The van der Waals surface area contributed by atoms with Crippen molar-refractivity contribution in [2.45, 2.75) is 6.92 Å². The van der Waals surface area contributed by atoms with Crippen LogP contribution in [0.15, 0.2) is 37.5 Å². The zero-order chi connectivity index (χ0) is 14.4. The van der Waals surface area contributed by atoms with E-state index >= 15 is 0 Å². The zero-order valence-corrected chi connectivity index (χ0v) is 10.5. The second-order valence-corrected chi connectivity index (χ2v) is 2.67. The largest absolute Gasteiger partial charge is 0.478 e. The third-order valence-electron chi connectivity index (χ3n) is 0.878. The van der Waals surface area contributed by atoms with Gasteiger partial charge >= 0.3 is 11.9 Å². The van der Waals surface area contributed by atoms with Gasteiger partial charge in [0.2, 0.25) is 5.24 Å². The zero-order valence-electron chi connectivity index (χ0n) is 9.73. The SMILES string of the molecule is C=C(C)C(=O)Cl.C=CC(=O)O.C=CC(=O)OC. The Kier molecular flexibility index (Phi) is 17.0. The third kappa shape index (κ3) is 31.5. The monoisotopic (exact) mass is 262 g/mol. The molecule has 1 N–H and O–H groups in total. The first-order valence-corrected chi connectivity index (χ1v) is 4.51. The van der Waals surface area contributed by atoms with E-state index in [1.165, 1.54) is 7.11 Å². The van der Waals surface area contributed by atoms with Crippen LogP contribution in [0.5, 0.6) is 0 Å². The van der Waals surface area contributed by atoms with Crippen LogP contribution in [0, 0.1) is 0 Å². The molecule has 0 aromatic heterocycles. The summed E-state index contributed by atoms with van der Waals surface area (Å²) < 4.78 is 4.14. The minimum Gasteiger partial charge on any atom is -0.478 e. The number of carbonyl (C=O) groups is 3. The van der Waals surface area contributed by atoms with Crippen molar-refractivity contribution in [3.63, 3.8) is 0 Å². The summed E-state index contributed by atoms with van der Waals surface area (Å²) in [6.45, 7) is 11.0. The lowest BCUT2D eigenvalue weighted by molar-refractivity contribution is -0.135. The van der Waals surface area contributed by atoms with Gasteiger partial charge in [0.25, 0.3) is 0 Å². The molecule has 0 aliphatic heterocycles. The van der Waals surface area contributed by atoms with Crippen LogP contribution in [0.25, 0.3) is 0 Å². The molecule has 0 rings (SSSR count). The number of hydrogen-bond acceptors (Lipinski definition) is 4. The molecule has 0 radical (unpaired) electrons. The van der Waals surface area contributed by atoms with Gasteiger partial charge in [-0.1, -0.05) is 19.7 Å². The molecule has 17 heavy (non-hydrogen) atoms. The molecule has 0 atom stereocenters. The van der Waals surface area contributed by atoms with Crippen LogP contribution in [0.3, 0.4) is 0 Å². The van der Waals surface area contributed by atoms with Gasteiger partial charge in [0.1, 0.15) is 0 Å². The Morgan fingerprint density at radius 1 is 1.24 bits per heavy atom. The van der Waals surface area contributed by atoms with Crippen molar-refractivity contribution in [3.05, 3.63) is 37.5 Å². The summed E-state index contributed by atoms with van der Waals surface area (Å²) in [4.78, 5) is 28.9. The molecule has 0 aliphatic rings. The topological polar surface area (TPSA) is 80.7 Å². The van der Waals surface area contributed by atoms with Crippen LogP contribution in [0.2, 0.25) is 0 Å². The molecule has 0 unspecified atom stereocenters. The first-order chi connectivity index (χ1) is 7.72. The lowest BCUT2D eigenvalue weighted by Gasteiger charge is -1.83. The van der Waals surface area contributed by atoms with Crippen LogP contribution in [0.4, 0.5) is 0 Å². The van der Waals surface area contributed by atoms with Gasteiger partial charge in [-0.15, -0.1) is 0 Å². The summed E-state index contributed by atoms with van der Waals surface area (Å²) in [5, 5.41) is 7.14. The molecule has 0 saturated heterocycles. The highest BCUT2D eigenvalue weighted by Crippen LogP contribution is 1.91. The van der Waals surface area contributed by atoms with Crippen LogP contribution in [-0.4, -0.2) is 29.4 Å². The van der Waals surface area contributed by atoms with Crippen molar-refractivity contribution < 1.29 is 24.2 Å². The molecule has 0 aromatic carbocycles. The van der Waals surface area contributed by atoms with Gasteiger partial charge in [-0.2, -0.15) is 0 Å². The summed E-state index contributed by atoms with van der Waals surface area (Å²) in [5.41, 5.74) is 0.386. The summed E-state index contributed by atoms with van der Waals surface area (Å²) in [7, 11) is 1.31. The van der Waals surface area contributed by atoms with Crippen LogP contribution in [0.1, 0.15) is 6.92 Å². The number of carboxylic acid groups (broad SMARTS) is 1. The van der Waals surface area contributed by atoms with Crippen molar-refractivity contribution in [2.24, 2.45) is 0 Å². The number of carbonyl (C=O) groups excluding carboxylic acids is 2. The molecule has 0 heterocycles.